The van der Waals surface area contributed by atoms with Crippen molar-refractivity contribution >= 4 is 28.6 Å². The lowest BCUT2D eigenvalue weighted by Crippen LogP contribution is -2.29. The summed E-state index contributed by atoms with van der Waals surface area (Å²) in [5.41, 5.74) is 0.891. The van der Waals surface area contributed by atoms with E-state index in [1.165, 1.54) is 0 Å². The van der Waals surface area contributed by atoms with Crippen LogP contribution in [0.5, 0.6) is 0 Å². The Morgan fingerprint density at radius 2 is 1.65 bits per heavy atom. The van der Waals surface area contributed by atoms with Crippen molar-refractivity contribution in [1.82, 2.24) is 5.32 Å². The smallest absolute Gasteiger partial charge is 0.307 e. The van der Waals surface area contributed by atoms with Gasteiger partial charge in [-0.2, -0.15) is 0 Å². The highest BCUT2D eigenvalue weighted by atomic mass is 16.4. The fourth-order valence-electron chi connectivity index (χ4n) is 2.30. The van der Waals surface area contributed by atoms with Gasteiger partial charge in [0, 0.05) is 13.0 Å². The molecule has 0 aliphatic rings. The molecule has 3 N–H and O–H groups in total. The van der Waals surface area contributed by atoms with Crippen LogP contribution in [0.1, 0.15) is 18.4 Å². The van der Waals surface area contributed by atoms with Gasteiger partial charge in [0.15, 0.2) is 0 Å². The van der Waals surface area contributed by atoms with Crippen LogP contribution in [-0.4, -0.2) is 28.1 Å². The third-order valence-electron chi connectivity index (χ3n) is 3.51. The molecule has 0 aromatic heterocycles. The second kappa shape index (κ2) is 7.40. The molecule has 6 heteroatoms. The number of amides is 1. The van der Waals surface area contributed by atoms with Gasteiger partial charge in [0.05, 0.1) is 12.3 Å². The number of benzene rings is 2. The highest BCUT2D eigenvalue weighted by molar-refractivity contribution is 5.85. The summed E-state index contributed by atoms with van der Waals surface area (Å²) in [7, 11) is 0. The quantitative estimate of drug-likeness (QED) is 0.725. The van der Waals surface area contributed by atoms with Crippen LogP contribution >= 0.6 is 0 Å². The van der Waals surface area contributed by atoms with Crippen LogP contribution in [0.2, 0.25) is 0 Å². The number of fused-ring (bicyclic) bond motifs is 1. The Labute approximate surface area is 132 Å². The third-order valence-corrected chi connectivity index (χ3v) is 3.51. The van der Waals surface area contributed by atoms with Gasteiger partial charge in [-0.15, -0.1) is 0 Å². The summed E-state index contributed by atoms with van der Waals surface area (Å²) in [6.07, 6.45) is -0.923. The summed E-state index contributed by atoms with van der Waals surface area (Å²) in [5, 5.41) is 22.4. The van der Waals surface area contributed by atoms with Crippen molar-refractivity contribution in [3.63, 3.8) is 0 Å². The lowest BCUT2D eigenvalue weighted by Gasteiger charge is -2.10. The molecule has 1 amide bonds. The van der Waals surface area contributed by atoms with Crippen molar-refractivity contribution in [3.8, 4) is 0 Å². The molecule has 2 rings (SSSR count). The van der Waals surface area contributed by atoms with Crippen molar-refractivity contribution in [1.29, 1.82) is 0 Å². The van der Waals surface area contributed by atoms with Gasteiger partial charge in [-0.3, -0.25) is 14.4 Å². The normalized spacial score (nSPS) is 11.8. The summed E-state index contributed by atoms with van der Waals surface area (Å²) in [6, 6.07) is 13.6. The van der Waals surface area contributed by atoms with Crippen LogP contribution in [-0.2, 0) is 20.9 Å². The minimum Gasteiger partial charge on any atom is -0.481 e. The van der Waals surface area contributed by atoms with E-state index in [1.807, 2.05) is 42.5 Å². The van der Waals surface area contributed by atoms with Gasteiger partial charge in [0.2, 0.25) is 5.91 Å². The van der Waals surface area contributed by atoms with Gasteiger partial charge in [0.1, 0.15) is 0 Å². The number of hydrogen-bond acceptors (Lipinski definition) is 3. The molecule has 120 valence electrons. The molecule has 0 heterocycles. The maximum Gasteiger partial charge on any atom is 0.307 e. The number of carbonyl (C=O) groups excluding carboxylic acids is 1. The zero-order chi connectivity index (χ0) is 16.8. The lowest BCUT2D eigenvalue weighted by molar-refractivity contribution is -0.149. The number of aliphatic carboxylic acids is 2. The van der Waals surface area contributed by atoms with E-state index in [2.05, 4.69) is 5.32 Å². The predicted molar refractivity (Wildman–Crippen MR) is 83.8 cm³/mol. The second-order valence-electron chi connectivity index (χ2n) is 5.30. The zero-order valence-corrected chi connectivity index (χ0v) is 12.4. The maximum absolute atomic E-state index is 11.8. The molecule has 6 nitrogen and oxygen atoms in total. The van der Waals surface area contributed by atoms with Crippen molar-refractivity contribution < 1.29 is 24.6 Å². The Kier molecular flexibility index (Phi) is 5.30. The molecule has 0 aliphatic carbocycles. The average Bonchev–Trinajstić information content (AvgIpc) is 2.51. The van der Waals surface area contributed by atoms with Gasteiger partial charge in [-0.25, -0.2) is 0 Å². The minimum absolute atomic E-state index is 0.267. The number of hydrogen-bond donors (Lipinski definition) is 3. The average molecular weight is 315 g/mol. The third kappa shape index (κ3) is 4.81. The molecular formula is C17H17NO5. The molecule has 1 atom stereocenters. The molecule has 2 aromatic carbocycles. The highest BCUT2D eigenvalue weighted by Gasteiger charge is 2.23. The van der Waals surface area contributed by atoms with Gasteiger partial charge in [-0.1, -0.05) is 36.4 Å². The molecule has 2 aromatic rings. The Morgan fingerprint density at radius 1 is 0.957 bits per heavy atom. The standard InChI is InChI=1S/C17H17NO5/c19-15(8-14(17(22)23)9-16(20)21)18-10-11-5-6-12-3-1-2-4-13(12)7-11/h1-7,14H,8-10H2,(H,18,19)(H,20,21)(H,22,23). The Bertz CT molecular complexity index is 741. The summed E-state index contributed by atoms with van der Waals surface area (Å²) in [4.78, 5) is 33.4. The van der Waals surface area contributed by atoms with Crippen LogP contribution in [0.25, 0.3) is 10.8 Å². The van der Waals surface area contributed by atoms with Crippen molar-refractivity contribution in [3.05, 3.63) is 48.0 Å². The van der Waals surface area contributed by atoms with Gasteiger partial charge in [-0.05, 0) is 22.4 Å². The monoisotopic (exact) mass is 315 g/mol. The largest absolute Gasteiger partial charge is 0.481 e. The Balaban J connectivity index is 1.94. The van der Waals surface area contributed by atoms with Crippen LogP contribution in [0, 0.1) is 5.92 Å². The second-order valence-corrected chi connectivity index (χ2v) is 5.30. The van der Waals surface area contributed by atoms with Gasteiger partial charge >= 0.3 is 11.9 Å². The lowest BCUT2D eigenvalue weighted by atomic mass is 10.0. The van der Waals surface area contributed by atoms with E-state index >= 15 is 0 Å². The Hall–Kier alpha value is -2.89. The van der Waals surface area contributed by atoms with E-state index in [-0.39, 0.29) is 13.0 Å². The first-order valence-electron chi connectivity index (χ1n) is 7.14. The number of rotatable bonds is 7. The first-order valence-corrected chi connectivity index (χ1v) is 7.14. The summed E-state index contributed by atoms with van der Waals surface area (Å²) in [5.74, 6) is -4.22. The molecule has 0 spiro atoms. The molecule has 0 aliphatic heterocycles. The first kappa shape index (κ1) is 16.5. The van der Waals surface area contributed by atoms with E-state index in [1.54, 1.807) is 0 Å². The van der Waals surface area contributed by atoms with Crippen LogP contribution < -0.4 is 5.32 Å². The molecule has 0 saturated carbocycles. The number of nitrogens with one attached hydrogen (secondary N) is 1. The zero-order valence-electron chi connectivity index (χ0n) is 12.4. The topological polar surface area (TPSA) is 104 Å². The molecule has 23 heavy (non-hydrogen) atoms. The van der Waals surface area contributed by atoms with Crippen LogP contribution in [0.3, 0.4) is 0 Å². The van der Waals surface area contributed by atoms with Crippen molar-refractivity contribution in [2.75, 3.05) is 0 Å². The fourth-order valence-corrected chi connectivity index (χ4v) is 2.30. The van der Waals surface area contributed by atoms with E-state index in [0.717, 1.165) is 16.3 Å². The molecule has 0 radical (unpaired) electrons. The summed E-state index contributed by atoms with van der Waals surface area (Å²) >= 11 is 0. The number of carbonyl (C=O) groups is 3. The minimum atomic E-state index is -1.28. The molecule has 0 fully saturated rings. The van der Waals surface area contributed by atoms with E-state index < -0.39 is 30.2 Å². The van der Waals surface area contributed by atoms with E-state index in [9.17, 15) is 14.4 Å². The van der Waals surface area contributed by atoms with E-state index in [0.29, 0.717) is 0 Å². The van der Waals surface area contributed by atoms with Gasteiger partial charge in [0.25, 0.3) is 0 Å². The molecule has 0 bridgehead atoms. The van der Waals surface area contributed by atoms with Crippen LogP contribution in [0.15, 0.2) is 42.5 Å². The van der Waals surface area contributed by atoms with Crippen molar-refractivity contribution in [2.24, 2.45) is 5.92 Å². The highest BCUT2D eigenvalue weighted by Crippen LogP contribution is 2.15. The van der Waals surface area contributed by atoms with Crippen LogP contribution in [0.4, 0.5) is 0 Å². The Morgan fingerprint density at radius 3 is 2.30 bits per heavy atom. The SMILES string of the molecule is O=C(O)CC(CC(=O)NCc1ccc2ccccc2c1)C(=O)O. The number of carboxylic acids is 2. The first-order chi connectivity index (χ1) is 11.0. The predicted octanol–water partition coefficient (Wildman–Crippen LogP) is 2.02. The maximum atomic E-state index is 11.8. The molecule has 1 unspecified atom stereocenters. The molecule has 0 saturated heterocycles. The van der Waals surface area contributed by atoms with Gasteiger partial charge < -0.3 is 15.5 Å². The van der Waals surface area contributed by atoms with Crippen molar-refractivity contribution in [2.45, 2.75) is 19.4 Å². The number of carboxylic acid groups (broad SMARTS) is 2. The van der Waals surface area contributed by atoms with E-state index in [4.69, 9.17) is 10.2 Å². The fraction of sp³-hybridized carbons (Fsp3) is 0.235. The summed E-state index contributed by atoms with van der Waals surface area (Å²) in [6.45, 7) is 0.267. The summed E-state index contributed by atoms with van der Waals surface area (Å²) < 4.78 is 0. The molecular weight excluding hydrogens is 298 g/mol.